The summed E-state index contributed by atoms with van der Waals surface area (Å²) in [7, 11) is 3.18. The molecule has 7 heteroatoms. The molecule has 0 aliphatic carbocycles. The maximum atomic E-state index is 12.4. The Morgan fingerprint density at radius 1 is 1.26 bits per heavy atom. The first-order valence-electron chi connectivity index (χ1n) is 7.54. The maximum absolute atomic E-state index is 12.4. The van der Waals surface area contributed by atoms with Crippen LogP contribution in [-0.2, 0) is 9.53 Å². The van der Waals surface area contributed by atoms with Gasteiger partial charge in [0.2, 0.25) is 5.91 Å². The molecule has 1 aliphatic heterocycles. The molecule has 0 saturated carbocycles. The summed E-state index contributed by atoms with van der Waals surface area (Å²) < 4.78 is 10.1. The van der Waals surface area contributed by atoms with Crippen molar-refractivity contribution in [2.45, 2.75) is 13.0 Å². The molecule has 1 N–H and O–H groups in total. The van der Waals surface area contributed by atoms with Gasteiger partial charge in [-0.15, -0.1) is 0 Å². The Hall–Kier alpha value is -2.28. The van der Waals surface area contributed by atoms with Crippen molar-refractivity contribution in [2.24, 2.45) is 0 Å². The number of carbonyl (C=O) groups is 2. The fraction of sp³-hybridized carbons (Fsp3) is 0.500. The zero-order chi connectivity index (χ0) is 16.8. The molecular formula is C16H23N3O4. The predicted molar refractivity (Wildman–Crippen MR) is 86.8 cm³/mol. The number of rotatable bonds is 7. The number of nitrogens with zero attached hydrogens (tertiary/aromatic N) is 2. The molecule has 0 spiro atoms. The lowest BCUT2D eigenvalue weighted by atomic mass is 10.3. The van der Waals surface area contributed by atoms with Crippen LogP contribution in [0.1, 0.15) is 6.92 Å². The van der Waals surface area contributed by atoms with Crippen molar-refractivity contribution in [3.63, 3.8) is 0 Å². The van der Waals surface area contributed by atoms with E-state index in [0.29, 0.717) is 19.7 Å². The second kappa shape index (κ2) is 7.82. The molecule has 23 heavy (non-hydrogen) atoms. The Morgan fingerprint density at radius 2 is 1.96 bits per heavy atom. The highest BCUT2D eigenvalue weighted by atomic mass is 16.5. The molecule has 0 radical (unpaired) electrons. The minimum absolute atomic E-state index is 0.0551. The van der Waals surface area contributed by atoms with Crippen LogP contribution in [-0.4, -0.2) is 63.3 Å². The molecule has 1 aliphatic rings. The third kappa shape index (κ3) is 4.35. The third-order valence-electron chi connectivity index (χ3n) is 3.64. The number of benzene rings is 1. The quantitative estimate of drug-likeness (QED) is 0.816. The molecule has 3 amide bonds. The van der Waals surface area contributed by atoms with Gasteiger partial charge in [-0.2, -0.15) is 0 Å². The van der Waals surface area contributed by atoms with Crippen molar-refractivity contribution in [3.05, 3.63) is 24.3 Å². The van der Waals surface area contributed by atoms with Crippen LogP contribution < -0.4 is 15.0 Å². The zero-order valence-electron chi connectivity index (χ0n) is 13.7. The van der Waals surface area contributed by atoms with Crippen LogP contribution in [0.2, 0.25) is 0 Å². The van der Waals surface area contributed by atoms with Crippen molar-refractivity contribution < 1.29 is 19.1 Å². The van der Waals surface area contributed by atoms with Crippen molar-refractivity contribution in [1.29, 1.82) is 0 Å². The average molecular weight is 321 g/mol. The van der Waals surface area contributed by atoms with E-state index in [9.17, 15) is 9.59 Å². The number of hydrogen-bond acceptors (Lipinski definition) is 4. The van der Waals surface area contributed by atoms with Crippen molar-refractivity contribution in [1.82, 2.24) is 10.2 Å². The molecule has 1 unspecified atom stereocenters. The molecule has 126 valence electrons. The Bertz CT molecular complexity index is 547. The number of carbonyl (C=O) groups excluding carboxylic acids is 2. The van der Waals surface area contributed by atoms with E-state index in [1.807, 2.05) is 31.2 Å². The summed E-state index contributed by atoms with van der Waals surface area (Å²) in [5.41, 5.74) is 0.798. The molecule has 1 aromatic carbocycles. The second-order valence-electron chi connectivity index (χ2n) is 5.48. The number of methoxy groups -OCH3 is 2. The highest BCUT2D eigenvalue weighted by Crippen LogP contribution is 2.22. The van der Waals surface area contributed by atoms with Crippen LogP contribution in [0.15, 0.2) is 24.3 Å². The standard InChI is InChI=1S/C16H23N3O4/c1-12(11-22-2)17-15(20)10-18-8-9-19(16(18)21)13-4-6-14(23-3)7-5-13/h4-7,12H,8-11H2,1-3H3,(H,17,20). The van der Waals surface area contributed by atoms with Crippen LogP contribution in [0, 0.1) is 0 Å². The Morgan fingerprint density at radius 3 is 2.57 bits per heavy atom. The van der Waals surface area contributed by atoms with Gasteiger partial charge in [-0.3, -0.25) is 9.69 Å². The van der Waals surface area contributed by atoms with Crippen LogP contribution in [0.5, 0.6) is 5.75 Å². The minimum Gasteiger partial charge on any atom is -0.497 e. The van der Waals surface area contributed by atoms with Gasteiger partial charge in [0.15, 0.2) is 0 Å². The zero-order valence-corrected chi connectivity index (χ0v) is 13.7. The summed E-state index contributed by atoms with van der Waals surface area (Å²) >= 11 is 0. The summed E-state index contributed by atoms with van der Waals surface area (Å²) in [5.74, 6) is 0.559. The molecule has 7 nitrogen and oxygen atoms in total. The van der Waals surface area contributed by atoms with E-state index in [-0.39, 0.29) is 24.5 Å². The fourth-order valence-corrected chi connectivity index (χ4v) is 2.52. The third-order valence-corrected chi connectivity index (χ3v) is 3.64. The van der Waals surface area contributed by atoms with E-state index < -0.39 is 0 Å². The number of anilines is 1. The van der Waals surface area contributed by atoms with Crippen LogP contribution in [0.25, 0.3) is 0 Å². The van der Waals surface area contributed by atoms with Crippen LogP contribution in [0.3, 0.4) is 0 Å². The highest BCUT2D eigenvalue weighted by molar-refractivity contribution is 5.96. The molecule has 1 saturated heterocycles. The molecule has 0 aromatic heterocycles. The summed E-state index contributed by atoms with van der Waals surface area (Å²) in [5, 5.41) is 2.81. The molecule has 0 bridgehead atoms. The average Bonchev–Trinajstić information content (AvgIpc) is 2.88. The van der Waals surface area contributed by atoms with Gasteiger partial charge in [-0.05, 0) is 31.2 Å². The number of ether oxygens (including phenoxy) is 2. The summed E-state index contributed by atoms with van der Waals surface area (Å²) in [6.07, 6.45) is 0. The second-order valence-corrected chi connectivity index (χ2v) is 5.48. The van der Waals surface area contributed by atoms with Crippen molar-refractivity contribution in [2.75, 3.05) is 45.4 Å². The van der Waals surface area contributed by atoms with E-state index in [0.717, 1.165) is 11.4 Å². The van der Waals surface area contributed by atoms with Crippen LogP contribution in [0.4, 0.5) is 10.5 Å². The summed E-state index contributed by atoms with van der Waals surface area (Å²) in [6.45, 7) is 3.44. The summed E-state index contributed by atoms with van der Waals surface area (Å²) in [4.78, 5) is 27.6. The lowest BCUT2D eigenvalue weighted by Crippen LogP contribution is -2.44. The van der Waals surface area contributed by atoms with Crippen molar-refractivity contribution >= 4 is 17.6 Å². The van der Waals surface area contributed by atoms with Crippen LogP contribution >= 0.6 is 0 Å². The van der Waals surface area contributed by atoms with E-state index in [1.54, 1.807) is 24.0 Å². The van der Waals surface area contributed by atoms with Gasteiger partial charge in [-0.1, -0.05) is 0 Å². The van der Waals surface area contributed by atoms with E-state index >= 15 is 0 Å². The normalized spacial score (nSPS) is 15.7. The smallest absolute Gasteiger partial charge is 0.325 e. The minimum atomic E-state index is -0.181. The Kier molecular flexibility index (Phi) is 5.81. The number of amides is 3. The Balaban J connectivity index is 1.91. The Labute approximate surface area is 136 Å². The predicted octanol–water partition coefficient (Wildman–Crippen LogP) is 1.09. The number of urea groups is 1. The van der Waals surface area contributed by atoms with Gasteiger partial charge in [0.05, 0.1) is 13.7 Å². The highest BCUT2D eigenvalue weighted by Gasteiger charge is 2.30. The number of hydrogen-bond donors (Lipinski definition) is 1. The molecule has 1 fully saturated rings. The maximum Gasteiger partial charge on any atom is 0.325 e. The topological polar surface area (TPSA) is 71.1 Å². The SMILES string of the molecule is COCC(C)NC(=O)CN1CCN(c2ccc(OC)cc2)C1=O. The van der Waals surface area contributed by atoms with Gasteiger partial charge >= 0.3 is 6.03 Å². The monoisotopic (exact) mass is 321 g/mol. The van der Waals surface area contributed by atoms with E-state index in [4.69, 9.17) is 9.47 Å². The largest absolute Gasteiger partial charge is 0.497 e. The summed E-state index contributed by atoms with van der Waals surface area (Å²) in [6, 6.07) is 7.05. The van der Waals surface area contributed by atoms with E-state index in [2.05, 4.69) is 5.32 Å². The molecule has 1 heterocycles. The first-order valence-corrected chi connectivity index (χ1v) is 7.54. The van der Waals surface area contributed by atoms with Gasteiger partial charge in [-0.25, -0.2) is 4.79 Å². The lowest BCUT2D eigenvalue weighted by Gasteiger charge is -2.20. The number of nitrogens with one attached hydrogen (secondary N) is 1. The van der Waals surface area contributed by atoms with Gasteiger partial charge in [0, 0.05) is 31.9 Å². The molecule has 2 rings (SSSR count). The van der Waals surface area contributed by atoms with Gasteiger partial charge in [0.1, 0.15) is 12.3 Å². The van der Waals surface area contributed by atoms with Gasteiger partial charge in [0.25, 0.3) is 0 Å². The molecule has 1 aromatic rings. The first-order chi connectivity index (χ1) is 11.0. The molecule has 1 atom stereocenters. The molecular weight excluding hydrogens is 298 g/mol. The van der Waals surface area contributed by atoms with Gasteiger partial charge < -0.3 is 19.7 Å². The lowest BCUT2D eigenvalue weighted by molar-refractivity contribution is -0.122. The van der Waals surface area contributed by atoms with E-state index in [1.165, 1.54) is 0 Å². The fourth-order valence-electron chi connectivity index (χ4n) is 2.52. The van der Waals surface area contributed by atoms with Crippen molar-refractivity contribution in [3.8, 4) is 5.75 Å². The first kappa shape index (κ1) is 17.1.